The van der Waals surface area contributed by atoms with E-state index in [-0.39, 0.29) is 5.75 Å². The van der Waals surface area contributed by atoms with Gasteiger partial charge in [-0.2, -0.15) is 5.01 Å². The molecule has 0 radical (unpaired) electrons. The lowest BCUT2D eigenvalue weighted by Gasteiger charge is -2.25. The van der Waals surface area contributed by atoms with Gasteiger partial charge in [0.05, 0.1) is 5.75 Å². The number of benzene rings is 1. The molecule has 0 spiro atoms. The third-order valence-electron chi connectivity index (χ3n) is 5.27. The first-order chi connectivity index (χ1) is 14.0. The number of imide groups is 1. The number of urea groups is 1. The lowest BCUT2D eigenvalue weighted by Crippen LogP contribution is -2.49. The number of amides is 4. The van der Waals surface area contributed by atoms with Crippen LogP contribution in [0.25, 0.3) is 0 Å². The summed E-state index contributed by atoms with van der Waals surface area (Å²) in [4.78, 5) is 37.8. The summed E-state index contributed by atoms with van der Waals surface area (Å²) in [5.74, 6) is 0.441. The molecule has 1 saturated heterocycles. The molecule has 1 atom stereocenters. The molecule has 0 unspecified atom stereocenters. The molecular formula is C19H22N6O3S. The molecule has 2 aliphatic rings. The van der Waals surface area contributed by atoms with E-state index >= 15 is 0 Å². The van der Waals surface area contributed by atoms with Crippen molar-refractivity contribution < 1.29 is 14.4 Å². The van der Waals surface area contributed by atoms with Gasteiger partial charge in [0.25, 0.3) is 5.91 Å². The van der Waals surface area contributed by atoms with Gasteiger partial charge in [-0.15, -0.1) is 10.2 Å². The van der Waals surface area contributed by atoms with Crippen LogP contribution in [0.5, 0.6) is 0 Å². The molecule has 0 bridgehead atoms. The third kappa shape index (κ3) is 3.48. The Morgan fingerprint density at radius 1 is 1.28 bits per heavy atom. The molecule has 10 heteroatoms. The lowest BCUT2D eigenvalue weighted by molar-refractivity contribution is -0.138. The SMILES string of the molecule is CC[C@]1(c2ccccc2)NC(=O)N(NC(=O)CSc2nnc(C3CC3)n2C)C1=O. The fourth-order valence-electron chi connectivity index (χ4n) is 3.47. The van der Waals surface area contributed by atoms with Crippen molar-refractivity contribution in [2.24, 2.45) is 7.05 Å². The highest BCUT2D eigenvalue weighted by atomic mass is 32.2. The molecule has 29 heavy (non-hydrogen) atoms. The quantitative estimate of drug-likeness (QED) is 0.527. The second-order valence-corrected chi connectivity index (χ2v) is 8.14. The number of carbonyl (C=O) groups is 3. The van der Waals surface area contributed by atoms with Crippen LogP contribution >= 0.6 is 11.8 Å². The van der Waals surface area contributed by atoms with Crippen molar-refractivity contribution in [3.05, 3.63) is 41.7 Å². The molecule has 4 rings (SSSR count). The minimum absolute atomic E-state index is 0.0121. The number of thioether (sulfide) groups is 1. The molecule has 1 aliphatic carbocycles. The van der Waals surface area contributed by atoms with Gasteiger partial charge in [0.2, 0.25) is 5.91 Å². The smallest absolute Gasteiger partial charge is 0.318 e. The number of nitrogens with zero attached hydrogens (tertiary/aromatic N) is 4. The van der Waals surface area contributed by atoms with Crippen LogP contribution in [-0.2, 0) is 22.2 Å². The van der Waals surface area contributed by atoms with Crippen molar-refractivity contribution >= 4 is 29.6 Å². The Morgan fingerprint density at radius 2 is 2.00 bits per heavy atom. The summed E-state index contributed by atoms with van der Waals surface area (Å²) in [6.07, 6.45) is 2.60. The molecule has 1 aromatic carbocycles. The summed E-state index contributed by atoms with van der Waals surface area (Å²) in [6.45, 7) is 1.82. The standard InChI is InChI=1S/C19H22N6O3S/c1-3-19(13-7-5-4-6-8-13)16(27)25(17(28)20-19)23-14(26)11-29-18-22-21-15(24(18)2)12-9-10-12/h4-8,12H,3,9-11H2,1-2H3,(H,20,28)(H,23,26)/t19-/m1/s1. The van der Waals surface area contributed by atoms with Gasteiger partial charge >= 0.3 is 6.03 Å². The van der Waals surface area contributed by atoms with E-state index in [1.165, 1.54) is 11.8 Å². The van der Waals surface area contributed by atoms with Crippen LogP contribution in [0, 0.1) is 0 Å². The Bertz CT molecular complexity index is 958. The van der Waals surface area contributed by atoms with Gasteiger partial charge in [0.1, 0.15) is 11.4 Å². The number of aromatic nitrogens is 3. The average Bonchev–Trinajstić information content (AvgIpc) is 3.46. The highest BCUT2D eigenvalue weighted by Crippen LogP contribution is 2.39. The Balaban J connectivity index is 1.41. The largest absolute Gasteiger partial charge is 0.344 e. The van der Waals surface area contributed by atoms with Crippen LogP contribution in [0.3, 0.4) is 0 Å². The number of rotatable bonds is 7. The minimum atomic E-state index is -1.18. The summed E-state index contributed by atoms with van der Waals surface area (Å²) < 4.78 is 1.89. The highest BCUT2D eigenvalue weighted by Gasteiger charge is 2.52. The molecule has 1 aliphatic heterocycles. The van der Waals surface area contributed by atoms with Crippen molar-refractivity contribution in [3.8, 4) is 0 Å². The fourth-order valence-corrected chi connectivity index (χ4v) is 4.19. The number of hydrazine groups is 1. The molecule has 4 amide bonds. The Hall–Kier alpha value is -2.88. The maximum absolute atomic E-state index is 13.0. The van der Waals surface area contributed by atoms with E-state index in [0.29, 0.717) is 23.1 Å². The first kappa shape index (κ1) is 19.4. The molecule has 2 heterocycles. The van der Waals surface area contributed by atoms with Gasteiger partial charge in [-0.25, -0.2) is 4.79 Å². The number of carbonyl (C=O) groups excluding carboxylic acids is 3. The minimum Gasteiger partial charge on any atom is -0.318 e. The molecule has 2 aromatic rings. The number of nitrogens with one attached hydrogen (secondary N) is 2. The topological polar surface area (TPSA) is 109 Å². The zero-order chi connectivity index (χ0) is 20.6. The Morgan fingerprint density at radius 3 is 2.66 bits per heavy atom. The van der Waals surface area contributed by atoms with Gasteiger partial charge in [-0.3, -0.25) is 15.0 Å². The molecule has 2 N–H and O–H groups in total. The van der Waals surface area contributed by atoms with E-state index in [0.717, 1.165) is 23.7 Å². The van der Waals surface area contributed by atoms with Gasteiger partial charge in [0, 0.05) is 13.0 Å². The predicted octanol–water partition coefficient (Wildman–Crippen LogP) is 1.67. The molecule has 152 valence electrons. The summed E-state index contributed by atoms with van der Waals surface area (Å²) in [5, 5.41) is 12.4. The summed E-state index contributed by atoms with van der Waals surface area (Å²) in [6, 6.07) is 8.38. The summed E-state index contributed by atoms with van der Waals surface area (Å²) >= 11 is 1.22. The second-order valence-electron chi connectivity index (χ2n) is 7.19. The first-order valence-corrected chi connectivity index (χ1v) is 10.5. The third-order valence-corrected chi connectivity index (χ3v) is 6.29. The van der Waals surface area contributed by atoms with Gasteiger partial charge in [-0.05, 0) is 24.8 Å². The number of hydrogen-bond acceptors (Lipinski definition) is 6. The van der Waals surface area contributed by atoms with Crippen LogP contribution in [-0.4, -0.2) is 43.4 Å². The van der Waals surface area contributed by atoms with Crippen LogP contribution in [0.2, 0.25) is 0 Å². The Kier molecular flexibility index (Phi) is 5.03. The normalized spacial score (nSPS) is 21.4. The monoisotopic (exact) mass is 414 g/mol. The van der Waals surface area contributed by atoms with E-state index in [1.54, 1.807) is 24.3 Å². The van der Waals surface area contributed by atoms with Crippen molar-refractivity contribution in [1.82, 2.24) is 30.5 Å². The first-order valence-electron chi connectivity index (χ1n) is 9.50. The highest BCUT2D eigenvalue weighted by molar-refractivity contribution is 7.99. The molecule has 2 fully saturated rings. The van der Waals surface area contributed by atoms with Gasteiger partial charge < -0.3 is 9.88 Å². The van der Waals surface area contributed by atoms with Crippen LogP contribution in [0.1, 0.15) is 43.5 Å². The van der Waals surface area contributed by atoms with E-state index in [4.69, 9.17) is 0 Å². The maximum Gasteiger partial charge on any atom is 0.344 e. The van der Waals surface area contributed by atoms with Crippen molar-refractivity contribution in [1.29, 1.82) is 0 Å². The summed E-state index contributed by atoms with van der Waals surface area (Å²) in [7, 11) is 1.88. The molecule has 1 saturated carbocycles. The number of hydrogen-bond donors (Lipinski definition) is 2. The van der Waals surface area contributed by atoms with E-state index in [9.17, 15) is 14.4 Å². The molecular weight excluding hydrogens is 392 g/mol. The van der Waals surface area contributed by atoms with Crippen molar-refractivity contribution in [2.75, 3.05) is 5.75 Å². The zero-order valence-electron chi connectivity index (χ0n) is 16.2. The van der Waals surface area contributed by atoms with Gasteiger partial charge in [0.15, 0.2) is 5.16 Å². The van der Waals surface area contributed by atoms with Crippen molar-refractivity contribution in [3.63, 3.8) is 0 Å². The predicted molar refractivity (Wildman–Crippen MR) is 106 cm³/mol. The maximum atomic E-state index is 13.0. The summed E-state index contributed by atoms with van der Waals surface area (Å²) in [5.41, 5.74) is 1.92. The average molecular weight is 414 g/mol. The van der Waals surface area contributed by atoms with E-state index in [2.05, 4.69) is 20.9 Å². The van der Waals surface area contributed by atoms with Crippen molar-refractivity contribution in [2.45, 2.75) is 42.8 Å². The van der Waals surface area contributed by atoms with Crippen LogP contribution in [0.4, 0.5) is 4.79 Å². The van der Waals surface area contributed by atoms with E-state index in [1.807, 2.05) is 24.6 Å². The Labute approximate surface area is 172 Å². The molecule has 1 aromatic heterocycles. The van der Waals surface area contributed by atoms with Crippen LogP contribution in [0.15, 0.2) is 35.5 Å². The zero-order valence-corrected chi connectivity index (χ0v) is 17.0. The second kappa shape index (κ2) is 7.51. The van der Waals surface area contributed by atoms with E-state index < -0.39 is 23.4 Å². The van der Waals surface area contributed by atoms with Crippen LogP contribution < -0.4 is 10.7 Å². The van der Waals surface area contributed by atoms with Gasteiger partial charge in [-0.1, -0.05) is 49.0 Å². The lowest BCUT2D eigenvalue weighted by atomic mass is 9.87. The fraction of sp³-hybridized carbons (Fsp3) is 0.421. The molecule has 9 nitrogen and oxygen atoms in total.